The molecule has 0 aromatic carbocycles. The summed E-state index contributed by atoms with van der Waals surface area (Å²) < 4.78 is 28.0. The second-order valence-electron chi connectivity index (χ2n) is 4.62. The molecule has 1 aliphatic rings. The lowest BCUT2D eigenvalue weighted by Gasteiger charge is -2.23. The van der Waals surface area contributed by atoms with E-state index in [9.17, 15) is 8.42 Å². The quantitative estimate of drug-likeness (QED) is 0.646. The van der Waals surface area contributed by atoms with Crippen molar-refractivity contribution >= 4 is 22.0 Å². The fourth-order valence-corrected chi connectivity index (χ4v) is 4.22. The van der Waals surface area contributed by atoms with E-state index in [-0.39, 0.29) is 0 Å². The SMILES string of the molecule is CNCCCN(C)S(=O)(=O)NCC1CCCCS1. The van der Waals surface area contributed by atoms with Crippen LogP contribution in [0.15, 0.2) is 0 Å². The van der Waals surface area contributed by atoms with Crippen molar-refractivity contribution in [2.75, 3.05) is 39.5 Å². The lowest BCUT2D eigenvalue weighted by molar-refractivity contribution is 0.447. The maximum atomic E-state index is 12.0. The summed E-state index contributed by atoms with van der Waals surface area (Å²) in [6.45, 7) is 1.94. The van der Waals surface area contributed by atoms with Crippen molar-refractivity contribution in [1.82, 2.24) is 14.3 Å². The standard InChI is InChI=1S/C11H25N3O2S2/c1-12-7-5-8-14(2)18(15,16)13-10-11-6-3-4-9-17-11/h11-13H,3-10H2,1-2H3. The molecule has 0 aromatic heterocycles. The van der Waals surface area contributed by atoms with Crippen LogP contribution in [0.5, 0.6) is 0 Å². The fourth-order valence-electron chi connectivity index (χ4n) is 1.88. The van der Waals surface area contributed by atoms with Gasteiger partial charge in [0, 0.05) is 25.4 Å². The largest absolute Gasteiger partial charge is 0.320 e. The molecule has 108 valence electrons. The molecule has 0 amide bonds. The van der Waals surface area contributed by atoms with Crippen LogP contribution >= 0.6 is 11.8 Å². The van der Waals surface area contributed by atoms with E-state index < -0.39 is 10.2 Å². The van der Waals surface area contributed by atoms with Crippen LogP contribution in [-0.4, -0.2) is 57.5 Å². The number of nitrogens with zero attached hydrogens (tertiary/aromatic N) is 1. The Balaban J connectivity index is 2.28. The maximum Gasteiger partial charge on any atom is 0.279 e. The smallest absolute Gasteiger partial charge is 0.279 e. The maximum absolute atomic E-state index is 12.0. The third-order valence-corrected chi connectivity index (χ3v) is 6.01. The molecule has 0 aromatic rings. The first-order valence-corrected chi connectivity index (χ1v) is 9.02. The summed E-state index contributed by atoms with van der Waals surface area (Å²) in [6, 6.07) is 0. The fraction of sp³-hybridized carbons (Fsp3) is 1.00. The van der Waals surface area contributed by atoms with Gasteiger partial charge >= 0.3 is 0 Å². The number of rotatable bonds is 8. The minimum atomic E-state index is -3.30. The number of thioether (sulfide) groups is 1. The van der Waals surface area contributed by atoms with Crippen molar-refractivity contribution in [2.45, 2.75) is 30.9 Å². The molecule has 2 N–H and O–H groups in total. The highest BCUT2D eigenvalue weighted by Crippen LogP contribution is 2.24. The Morgan fingerprint density at radius 1 is 1.39 bits per heavy atom. The average molecular weight is 295 g/mol. The molecule has 0 bridgehead atoms. The van der Waals surface area contributed by atoms with Gasteiger partial charge in [0.1, 0.15) is 0 Å². The van der Waals surface area contributed by atoms with Gasteiger partial charge in [0.2, 0.25) is 0 Å². The molecule has 1 saturated heterocycles. The molecule has 18 heavy (non-hydrogen) atoms. The lowest BCUT2D eigenvalue weighted by atomic mass is 10.2. The monoisotopic (exact) mass is 295 g/mol. The van der Waals surface area contributed by atoms with Crippen molar-refractivity contribution < 1.29 is 8.42 Å². The molecule has 0 aliphatic carbocycles. The highest BCUT2D eigenvalue weighted by Gasteiger charge is 2.20. The van der Waals surface area contributed by atoms with E-state index in [1.54, 1.807) is 7.05 Å². The third-order valence-electron chi connectivity index (χ3n) is 3.08. The van der Waals surface area contributed by atoms with Crippen molar-refractivity contribution in [3.8, 4) is 0 Å². The van der Waals surface area contributed by atoms with E-state index in [0.717, 1.165) is 25.1 Å². The Hall–Kier alpha value is 0.180. The summed E-state index contributed by atoms with van der Waals surface area (Å²) >= 11 is 1.88. The van der Waals surface area contributed by atoms with E-state index in [1.807, 2.05) is 18.8 Å². The Morgan fingerprint density at radius 3 is 2.78 bits per heavy atom. The first kappa shape index (κ1) is 16.2. The number of hydrogen-bond acceptors (Lipinski definition) is 4. The second kappa shape index (κ2) is 8.37. The Bertz CT molecular complexity index is 316. The Kier molecular flexibility index (Phi) is 7.55. The zero-order valence-corrected chi connectivity index (χ0v) is 12.9. The third kappa shape index (κ3) is 5.88. The predicted octanol–water partition coefficient (Wildman–Crippen LogP) is 0.648. The Morgan fingerprint density at radius 2 is 2.17 bits per heavy atom. The minimum absolute atomic E-state index is 0.444. The van der Waals surface area contributed by atoms with E-state index >= 15 is 0 Å². The predicted molar refractivity (Wildman–Crippen MR) is 78.2 cm³/mol. The van der Waals surface area contributed by atoms with Crippen molar-refractivity contribution in [2.24, 2.45) is 0 Å². The van der Waals surface area contributed by atoms with Crippen LogP contribution in [0, 0.1) is 0 Å². The van der Waals surface area contributed by atoms with Gasteiger partial charge in [0.05, 0.1) is 0 Å². The van der Waals surface area contributed by atoms with Gasteiger partial charge in [-0.25, -0.2) is 4.72 Å². The van der Waals surface area contributed by atoms with E-state index in [1.165, 1.54) is 17.1 Å². The summed E-state index contributed by atoms with van der Waals surface area (Å²) in [6.07, 6.45) is 4.43. The number of hydrogen-bond donors (Lipinski definition) is 2. The molecule has 1 aliphatic heterocycles. The first-order valence-electron chi connectivity index (χ1n) is 6.53. The molecule has 1 rings (SSSR count). The van der Waals surface area contributed by atoms with Gasteiger partial charge in [-0.2, -0.15) is 24.5 Å². The zero-order chi connectivity index (χ0) is 13.4. The minimum Gasteiger partial charge on any atom is -0.320 e. The van der Waals surface area contributed by atoms with Gasteiger partial charge in [-0.05, 0) is 38.6 Å². The topological polar surface area (TPSA) is 61.4 Å². The first-order chi connectivity index (χ1) is 8.56. The molecule has 7 heteroatoms. The molecule has 1 unspecified atom stereocenters. The summed E-state index contributed by atoms with van der Waals surface area (Å²) in [7, 11) is 0.201. The second-order valence-corrected chi connectivity index (χ2v) is 7.89. The van der Waals surface area contributed by atoms with Gasteiger partial charge in [-0.3, -0.25) is 0 Å². The van der Waals surface area contributed by atoms with E-state index in [4.69, 9.17) is 0 Å². The van der Waals surface area contributed by atoms with Crippen LogP contribution in [0.1, 0.15) is 25.7 Å². The number of nitrogens with one attached hydrogen (secondary N) is 2. The van der Waals surface area contributed by atoms with Crippen molar-refractivity contribution in [3.05, 3.63) is 0 Å². The molecule has 1 atom stereocenters. The lowest BCUT2D eigenvalue weighted by Crippen LogP contribution is -2.42. The molecule has 0 radical (unpaired) electrons. The summed E-state index contributed by atoms with van der Waals surface area (Å²) in [5.41, 5.74) is 0. The van der Waals surface area contributed by atoms with Gasteiger partial charge in [-0.15, -0.1) is 0 Å². The molecule has 1 heterocycles. The molecule has 1 fully saturated rings. The summed E-state index contributed by atoms with van der Waals surface area (Å²) in [4.78, 5) is 0. The van der Waals surface area contributed by atoms with Crippen molar-refractivity contribution in [1.29, 1.82) is 0 Å². The van der Waals surface area contributed by atoms with Crippen LogP contribution in [0.3, 0.4) is 0 Å². The average Bonchev–Trinajstić information content (AvgIpc) is 2.38. The van der Waals surface area contributed by atoms with Gasteiger partial charge in [0.25, 0.3) is 10.2 Å². The van der Waals surface area contributed by atoms with Crippen LogP contribution < -0.4 is 10.0 Å². The Labute approximate surface area is 115 Å². The molecular formula is C11H25N3O2S2. The van der Waals surface area contributed by atoms with Crippen molar-refractivity contribution in [3.63, 3.8) is 0 Å². The highest BCUT2D eigenvalue weighted by molar-refractivity contribution is 8.00. The molecule has 0 saturated carbocycles. The van der Waals surface area contributed by atoms with Gasteiger partial charge < -0.3 is 5.32 Å². The highest BCUT2D eigenvalue weighted by atomic mass is 32.2. The molecule has 0 spiro atoms. The summed E-state index contributed by atoms with van der Waals surface area (Å²) in [5, 5.41) is 3.46. The van der Waals surface area contributed by atoms with E-state index in [2.05, 4.69) is 10.0 Å². The normalized spacial score (nSPS) is 21.4. The molecule has 5 nitrogen and oxygen atoms in total. The van der Waals surface area contributed by atoms with Crippen LogP contribution in [0.25, 0.3) is 0 Å². The van der Waals surface area contributed by atoms with Gasteiger partial charge in [-0.1, -0.05) is 6.42 Å². The summed E-state index contributed by atoms with van der Waals surface area (Å²) in [5.74, 6) is 1.16. The van der Waals surface area contributed by atoms with Crippen LogP contribution in [0.2, 0.25) is 0 Å². The zero-order valence-electron chi connectivity index (χ0n) is 11.3. The van der Waals surface area contributed by atoms with Crippen LogP contribution in [-0.2, 0) is 10.2 Å². The van der Waals surface area contributed by atoms with Crippen LogP contribution in [0.4, 0.5) is 0 Å². The van der Waals surface area contributed by atoms with E-state index in [0.29, 0.717) is 18.3 Å². The van der Waals surface area contributed by atoms with Gasteiger partial charge in [0.15, 0.2) is 0 Å². The molecular weight excluding hydrogens is 270 g/mol.